The van der Waals surface area contributed by atoms with E-state index in [4.69, 9.17) is 0 Å². The topological polar surface area (TPSA) is 58.1 Å². The minimum Gasteiger partial charge on any atom is -0.302 e. The van der Waals surface area contributed by atoms with Gasteiger partial charge in [0.1, 0.15) is 0 Å². The van der Waals surface area contributed by atoms with Crippen LogP contribution in [0.5, 0.6) is 0 Å². The van der Waals surface area contributed by atoms with E-state index >= 15 is 0 Å². The normalized spacial score (nSPS) is 19.8. The largest absolute Gasteiger partial charge is 0.302 e. The molecule has 0 aromatic carbocycles. The Morgan fingerprint density at radius 1 is 1.40 bits per heavy atom. The van der Waals surface area contributed by atoms with Gasteiger partial charge in [-0.25, -0.2) is 4.98 Å². The molecule has 1 fully saturated rings. The summed E-state index contributed by atoms with van der Waals surface area (Å²) in [5.74, 6) is 0.479. The van der Waals surface area contributed by atoms with Crippen LogP contribution in [0.25, 0.3) is 6.08 Å². The van der Waals surface area contributed by atoms with Gasteiger partial charge in [-0.2, -0.15) is 0 Å². The first kappa shape index (κ1) is 16.4. The summed E-state index contributed by atoms with van der Waals surface area (Å²) in [6.07, 6.45) is 11.7. The van der Waals surface area contributed by atoms with E-state index in [2.05, 4.69) is 44.6 Å². The minimum atomic E-state index is -0.0717. The lowest BCUT2D eigenvalue weighted by molar-refractivity contribution is -0.114. The lowest BCUT2D eigenvalue weighted by Crippen LogP contribution is -2.33. The molecule has 0 spiro atoms. The predicted molar refractivity (Wildman–Crippen MR) is 101 cm³/mol. The third-order valence-corrected chi connectivity index (χ3v) is 5.73. The van der Waals surface area contributed by atoms with Crippen LogP contribution in [0.1, 0.15) is 47.4 Å². The molecule has 1 amide bonds. The van der Waals surface area contributed by atoms with Gasteiger partial charge >= 0.3 is 0 Å². The van der Waals surface area contributed by atoms with Crippen LogP contribution in [-0.4, -0.2) is 33.9 Å². The fourth-order valence-corrected chi connectivity index (χ4v) is 4.56. The van der Waals surface area contributed by atoms with Crippen molar-refractivity contribution in [2.24, 2.45) is 0 Å². The molecule has 5 nitrogen and oxygen atoms in total. The van der Waals surface area contributed by atoms with Gasteiger partial charge in [0.2, 0.25) is 5.91 Å². The van der Waals surface area contributed by atoms with Gasteiger partial charge in [0.25, 0.3) is 0 Å². The Bertz CT molecular complexity index is 814. The zero-order valence-corrected chi connectivity index (χ0v) is 15.2. The van der Waals surface area contributed by atoms with Crippen LogP contribution in [0, 0.1) is 0 Å². The molecule has 1 aliphatic carbocycles. The van der Waals surface area contributed by atoms with Gasteiger partial charge in [0.05, 0.1) is 5.69 Å². The first-order valence-electron chi connectivity index (χ1n) is 8.77. The maximum absolute atomic E-state index is 11.1. The second-order valence-corrected chi connectivity index (χ2v) is 7.92. The molecule has 2 aromatic rings. The lowest BCUT2D eigenvalue weighted by atomic mass is 9.90. The average Bonchev–Trinajstić information content (AvgIpc) is 3.23. The Labute approximate surface area is 151 Å². The number of fused-ring (bicyclic) bond motifs is 1. The number of amides is 1. The summed E-state index contributed by atoms with van der Waals surface area (Å²) in [6.45, 7) is 4.58. The van der Waals surface area contributed by atoms with Crippen LogP contribution >= 0.6 is 11.3 Å². The van der Waals surface area contributed by atoms with Gasteiger partial charge in [0, 0.05) is 37.3 Å². The number of allylic oxidation sites excluding steroid dienone is 1. The van der Waals surface area contributed by atoms with Crippen LogP contribution in [0.15, 0.2) is 24.5 Å². The fourth-order valence-electron chi connectivity index (χ4n) is 3.65. The highest BCUT2D eigenvalue weighted by Crippen LogP contribution is 2.30. The van der Waals surface area contributed by atoms with Crippen molar-refractivity contribution < 1.29 is 4.79 Å². The van der Waals surface area contributed by atoms with E-state index < -0.39 is 0 Å². The van der Waals surface area contributed by atoms with Gasteiger partial charge < -0.3 is 5.32 Å². The van der Waals surface area contributed by atoms with Gasteiger partial charge in [-0.05, 0) is 48.9 Å². The zero-order chi connectivity index (χ0) is 17.2. The molecule has 25 heavy (non-hydrogen) atoms. The monoisotopic (exact) mass is 354 g/mol. The van der Waals surface area contributed by atoms with E-state index in [1.807, 2.05) is 6.20 Å². The maximum atomic E-state index is 11.1. The number of hydrogen-bond acceptors (Lipinski definition) is 5. The average molecular weight is 354 g/mol. The van der Waals surface area contributed by atoms with Crippen molar-refractivity contribution in [3.8, 4) is 0 Å². The van der Waals surface area contributed by atoms with E-state index in [1.165, 1.54) is 35.8 Å². The molecular formula is C19H22N4OS. The van der Waals surface area contributed by atoms with Crippen molar-refractivity contribution in [2.75, 3.05) is 18.4 Å². The highest BCUT2D eigenvalue weighted by Gasteiger charge is 2.23. The van der Waals surface area contributed by atoms with E-state index in [-0.39, 0.29) is 5.91 Å². The van der Waals surface area contributed by atoms with Crippen LogP contribution in [0.3, 0.4) is 0 Å². The number of thiazole rings is 1. The number of pyridine rings is 1. The maximum Gasteiger partial charge on any atom is 0.223 e. The number of anilines is 1. The predicted octanol–water partition coefficient (Wildman–Crippen LogP) is 3.45. The number of carbonyl (C=O) groups is 1. The molecule has 2 aromatic heterocycles. The van der Waals surface area contributed by atoms with E-state index in [1.54, 1.807) is 11.3 Å². The molecule has 0 radical (unpaired) electrons. The van der Waals surface area contributed by atoms with Crippen molar-refractivity contribution in [2.45, 2.75) is 38.6 Å². The fraction of sp³-hybridized carbons (Fsp3) is 0.421. The van der Waals surface area contributed by atoms with Crippen molar-refractivity contribution in [3.63, 3.8) is 0 Å². The molecule has 0 unspecified atom stereocenters. The molecule has 130 valence electrons. The van der Waals surface area contributed by atoms with Gasteiger partial charge in [-0.1, -0.05) is 12.1 Å². The Kier molecular flexibility index (Phi) is 4.63. The van der Waals surface area contributed by atoms with Crippen LogP contribution in [0.4, 0.5) is 5.13 Å². The van der Waals surface area contributed by atoms with Gasteiger partial charge in [-0.3, -0.25) is 14.7 Å². The number of aromatic nitrogens is 2. The number of nitrogens with zero attached hydrogens (tertiary/aromatic N) is 3. The second-order valence-electron chi connectivity index (χ2n) is 6.81. The van der Waals surface area contributed by atoms with E-state index in [0.717, 1.165) is 31.7 Å². The number of piperidine rings is 1. The minimum absolute atomic E-state index is 0.0717. The van der Waals surface area contributed by atoms with Crippen LogP contribution < -0.4 is 5.32 Å². The summed E-state index contributed by atoms with van der Waals surface area (Å²) in [5, 5.41) is 3.44. The van der Waals surface area contributed by atoms with Crippen LogP contribution in [-0.2, 0) is 17.8 Å². The molecule has 1 atom stereocenters. The molecule has 1 saturated heterocycles. The summed E-state index contributed by atoms with van der Waals surface area (Å²) in [6, 6.07) is 2.35. The Morgan fingerprint density at radius 3 is 3.20 bits per heavy atom. The number of hydrogen-bond donors (Lipinski definition) is 1. The van der Waals surface area contributed by atoms with Crippen molar-refractivity contribution >= 4 is 28.5 Å². The molecule has 0 bridgehead atoms. The molecule has 1 N–H and O–H groups in total. The number of nitrogens with one attached hydrogen (secondary N) is 1. The van der Waals surface area contributed by atoms with Crippen LogP contribution in [0.2, 0.25) is 0 Å². The summed E-state index contributed by atoms with van der Waals surface area (Å²) in [4.78, 5) is 23.7. The number of likely N-dealkylation sites (tertiary alicyclic amines) is 1. The molecule has 3 heterocycles. The van der Waals surface area contributed by atoms with Crippen molar-refractivity contribution in [1.82, 2.24) is 14.9 Å². The third kappa shape index (κ3) is 3.80. The lowest BCUT2D eigenvalue weighted by Gasteiger charge is -2.32. The molecule has 4 rings (SSSR count). The molecule has 0 saturated carbocycles. The molecule has 1 aliphatic heterocycles. The van der Waals surface area contributed by atoms with Gasteiger partial charge in [0.15, 0.2) is 5.13 Å². The smallest absolute Gasteiger partial charge is 0.223 e. The molecule has 6 heteroatoms. The third-order valence-electron chi connectivity index (χ3n) is 4.83. The molecular weight excluding hydrogens is 332 g/mol. The first-order chi connectivity index (χ1) is 12.2. The zero-order valence-electron chi connectivity index (χ0n) is 14.4. The Hall–Kier alpha value is -2.05. The highest BCUT2D eigenvalue weighted by atomic mass is 32.1. The quantitative estimate of drug-likeness (QED) is 0.914. The first-order valence-corrected chi connectivity index (χ1v) is 9.59. The van der Waals surface area contributed by atoms with Crippen molar-refractivity contribution in [3.05, 3.63) is 46.2 Å². The standard InChI is InChI=1S/C19H22N4OS/c1-13(24)22-19-21-10-17(25-19)12-23-7-3-5-15(11-23)16-8-14-4-2-6-18(14)20-9-16/h2,6,8-10,15H,3-5,7,11-12H2,1H3,(H,21,22,24)/t15-/m1/s1. The SMILES string of the molecule is CC(=O)Nc1ncc(CN2CCC[C@@H](c3cnc4c(c3)CC=C4)C2)s1. The number of rotatable bonds is 4. The van der Waals surface area contributed by atoms with Crippen molar-refractivity contribution in [1.29, 1.82) is 0 Å². The van der Waals surface area contributed by atoms with E-state index in [9.17, 15) is 4.79 Å². The summed E-state index contributed by atoms with van der Waals surface area (Å²) >= 11 is 1.56. The Balaban J connectivity index is 1.41. The number of carbonyl (C=O) groups excluding carboxylic acids is 1. The van der Waals surface area contributed by atoms with E-state index in [0.29, 0.717) is 11.0 Å². The van der Waals surface area contributed by atoms with Gasteiger partial charge in [-0.15, -0.1) is 11.3 Å². The summed E-state index contributed by atoms with van der Waals surface area (Å²) in [7, 11) is 0. The highest BCUT2D eigenvalue weighted by molar-refractivity contribution is 7.15. The Morgan fingerprint density at radius 2 is 2.32 bits per heavy atom. The second kappa shape index (κ2) is 7.06. The summed E-state index contributed by atoms with van der Waals surface area (Å²) < 4.78 is 0. The summed E-state index contributed by atoms with van der Waals surface area (Å²) in [5.41, 5.74) is 3.86. The molecule has 2 aliphatic rings.